The van der Waals surface area contributed by atoms with E-state index in [0.29, 0.717) is 12.1 Å². The van der Waals surface area contributed by atoms with Crippen molar-refractivity contribution in [2.45, 2.75) is 18.5 Å². The summed E-state index contributed by atoms with van der Waals surface area (Å²) < 4.78 is 40.4. The summed E-state index contributed by atoms with van der Waals surface area (Å²) in [4.78, 5) is 0. The fraction of sp³-hybridized carbons (Fsp3) is 0.308. The van der Waals surface area contributed by atoms with Gasteiger partial charge in [0.15, 0.2) is 5.03 Å². The monoisotopic (exact) mass is 312 g/mol. The minimum atomic E-state index is -3.90. The minimum Gasteiger partial charge on any atom is -0.316 e. The standard InChI is InChI=1S/C13H17FN4O2S/c1-3-18(12-7-5-4-6-11(12)14)21(19,20)13-10(8-15-2)9-16-17-13/h4-7,9,15H,3,8H2,1-2H3,(H,16,17). The van der Waals surface area contributed by atoms with Crippen LogP contribution in [0.5, 0.6) is 0 Å². The van der Waals surface area contributed by atoms with Gasteiger partial charge in [0.1, 0.15) is 5.82 Å². The minimum absolute atomic E-state index is 0.0185. The van der Waals surface area contributed by atoms with E-state index in [1.165, 1.54) is 24.4 Å². The quantitative estimate of drug-likeness (QED) is 0.847. The molecule has 0 amide bonds. The third kappa shape index (κ3) is 2.91. The van der Waals surface area contributed by atoms with Gasteiger partial charge < -0.3 is 5.32 Å². The molecule has 0 unspecified atom stereocenters. The Kier molecular flexibility index (Phi) is 4.59. The zero-order chi connectivity index (χ0) is 15.5. The van der Waals surface area contributed by atoms with Gasteiger partial charge in [0, 0.05) is 18.7 Å². The second-order valence-corrected chi connectivity index (χ2v) is 6.18. The van der Waals surface area contributed by atoms with Crippen molar-refractivity contribution in [2.24, 2.45) is 0 Å². The molecule has 0 saturated heterocycles. The van der Waals surface area contributed by atoms with Crippen LogP contribution in [0.3, 0.4) is 0 Å². The van der Waals surface area contributed by atoms with Gasteiger partial charge in [-0.2, -0.15) is 13.5 Å². The molecule has 0 spiro atoms. The Morgan fingerprint density at radius 1 is 1.38 bits per heavy atom. The molecule has 0 atom stereocenters. The van der Waals surface area contributed by atoms with E-state index in [-0.39, 0.29) is 17.3 Å². The van der Waals surface area contributed by atoms with Crippen LogP contribution in [0.4, 0.5) is 10.1 Å². The van der Waals surface area contributed by atoms with E-state index in [4.69, 9.17) is 0 Å². The summed E-state index contributed by atoms with van der Waals surface area (Å²) in [5, 5.41) is 9.12. The molecule has 2 rings (SSSR count). The largest absolute Gasteiger partial charge is 0.316 e. The average Bonchev–Trinajstić information content (AvgIpc) is 2.91. The Balaban J connectivity index is 2.50. The molecule has 2 aromatic rings. The lowest BCUT2D eigenvalue weighted by atomic mass is 10.3. The van der Waals surface area contributed by atoms with Crippen LogP contribution in [-0.2, 0) is 16.6 Å². The van der Waals surface area contributed by atoms with Crippen LogP contribution in [0.2, 0.25) is 0 Å². The topological polar surface area (TPSA) is 78.1 Å². The van der Waals surface area contributed by atoms with Gasteiger partial charge in [0.25, 0.3) is 10.0 Å². The summed E-state index contributed by atoms with van der Waals surface area (Å²) in [5.74, 6) is -0.586. The maximum atomic E-state index is 13.9. The summed E-state index contributed by atoms with van der Waals surface area (Å²) in [6.45, 7) is 2.11. The highest BCUT2D eigenvalue weighted by molar-refractivity contribution is 7.92. The second kappa shape index (κ2) is 6.23. The van der Waals surface area contributed by atoms with Crippen LogP contribution < -0.4 is 9.62 Å². The van der Waals surface area contributed by atoms with Gasteiger partial charge in [-0.3, -0.25) is 9.40 Å². The van der Waals surface area contributed by atoms with Gasteiger partial charge in [0.2, 0.25) is 0 Å². The molecule has 0 radical (unpaired) electrons. The lowest BCUT2D eigenvalue weighted by Gasteiger charge is -2.23. The first kappa shape index (κ1) is 15.5. The normalized spacial score (nSPS) is 11.6. The summed E-state index contributed by atoms with van der Waals surface area (Å²) in [6, 6.07) is 5.78. The van der Waals surface area contributed by atoms with E-state index in [2.05, 4.69) is 15.5 Å². The number of H-pyrrole nitrogens is 1. The van der Waals surface area contributed by atoms with Gasteiger partial charge in [-0.1, -0.05) is 12.1 Å². The van der Waals surface area contributed by atoms with E-state index < -0.39 is 15.8 Å². The molecule has 0 fully saturated rings. The van der Waals surface area contributed by atoms with Gasteiger partial charge in [-0.05, 0) is 26.1 Å². The lowest BCUT2D eigenvalue weighted by molar-refractivity contribution is 0.580. The van der Waals surface area contributed by atoms with E-state index in [1.807, 2.05) is 0 Å². The molecule has 0 aliphatic rings. The molecule has 0 aliphatic heterocycles. The van der Waals surface area contributed by atoms with Gasteiger partial charge in [0.05, 0.1) is 11.9 Å². The summed E-state index contributed by atoms with van der Waals surface area (Å²) in [7, 11) is -2.19. The smallest absolute Gasteiger partial charge is 0.281 e. The average molecular weight is 312 g/mol. The zero-order valence-corrected chi connectivity index (χ0v) is 12.6. The first-order valence-electron chi connectivity index (χ1n) is 6.46. The highest BCUT2D eigenvalue weighted by Crippen LogP contribution is 2.26. The predicted molar refractivity (Wildman–Crippen MR) is 78.0 cm³/mol. The van der Waals surface area contributed by atoms with Crippen LogP contribution in [0, 0.1) is 5.82 Å². The Morgan fingerprint density at radius 2 is 2.10 bits per heavy atom. The fourth-order valence-corrected chi connectivity index (χ4v) is 3.66. The van der Waals surface area contributed by atoms with Gasteiger partial charge >= 0.3 is 0 Å². The van der Waals surface area contributed by atoms with E-state index in [0.717, 1.165) is 4.31 Å². The number of hydrogen-bond acceptors (Lipinski definition) is 4. The van der Waals surface area contributed by atoms with E-state index in [9.17, 15) is 12.8 Å². The highest BCUT2D eigenvalue weighted by Gasteiger charge is 2.29. The highest BCUT2D eigenvalue weighted by atomic mass is 32.2. The number of sulfonamides is 1. The first-order chi connectivity index (χ1) is 10.0. The summed E-state index contributed by atoms with van der Waals surface area (Å²) >= 11 is 0. The molecule has 1 aromatic heterocycles. The molecule has 2 N–H and O–H groups in total. The van der Waals surface area contributed by atoms with E-state index in [1.54, 1.807) is 20.0 Å². The summed E-state index contributed by atoms with van der Waals surface area (Å²) in [6.07, 6.45) is 1.44. The van der Waals surface area contributed by atoms with Crippen molar-refractivity contribution in [2.75, 3.05) is 17.9 Å². The maximum absolute atomic E-state index is 13.9. The number of nitrogens with zero attached hydrogens (tertiary/aromatic N) is 2. The second-order valence-electron chi connectivity index (χ2n) is 4.38. The van der Waals surface area contributed by atoms with Crippen molar-refractivity contribution < 1.29 is 12.8 Å². The fourth-order valence-electron chi connectivity index (χ4n) is 2.07. The zero-order valence-electron chi connectivity index (χ0n) is 11.8. The molecule has 0 bridgehead atoms. The maximum Gasteiger partial charge on any atom is 0.281 e. The molecule has 0 aliphatic carbocycles. The van der Waals surface area contributed by atoms with Crippen molar-refractivity contribution in [1.29, 1.82) is 0 Å². The number of nitrogens with one attached hydrogen (secondary N) is 2. The molecule has 114 valence electrons. The Bertz CT molecular complexity index is 714. The van der Waals surface area contributed by atoms with Crippen molar-refractivity contribution >= 4 is 15.7 Å². The number of aromatic amines is 1. The molecular weight excluding hydrogens is 295 g/mol. The Labute approximate surface area is 123 Å². The van der Waals surface area contributed by atoms with Crippen molar-refractivity contribution in [3.8, 4) is 0 Å². The SMILES string of the molecule is CCN(c1ccccc1F)S(=O)(=O)c1[nH]ncc1CNC. The Morgan fingerprint density at radius 3 is 2.71 bits per heavy atom. The number of halogens is 1. The third-order valence-corrected chi connectivity index (χ3v) is 4.91. The third-order valence-electron chi connectivity index (χ3n) is 3.00. The molecule has 8 heteroatoms. The van der Waals surface area contributed by atoms with Gasteiger partial charge in [-0.25, -0.2) is 4.39 Å². The van der Waals surface area contributed by atoms with Crippen molar-refractivity contribution in [3.05, 3.63) is 41.8 Å². The number of anilines is 1. The molecule has 21 heavy (non-hydrogen) atoms. The lowest BCUT2D eigenvalue weighted by Crippen LogP contribution is -2.32. The van der Waals surface area contributed by atoms with Crippen LogP contribution in [0.25, 0.3) is 0 Å². The number of rotatable bonds is 6. The number of para-hydroxylation sites is 1. The van der Waals surface area contributed by atoms with Gasteiger partial charge in [-0.15, -0.1) is 0 Å². The summed E-state index contributed by atoms with van der Waals surface area (Å²) in [5.41, 5.74) is 0.525. The van der Waals surface area contributed by atoms with Crippen LogP contribution in [-0.4, -0.2) is 32.2 Å². The van der Waals surface area contributed by atoms with Crippen molar-refractivity contribution in [1.82, 2.24) is 15.5 Å². The predicted octanol–water partition coefficient (Wildman–Crippen LogP) is 1.48. The number of aromatic nitrogens is 2. The molecular formula is C13H17FN4O2S. The van der Waals surface area contributed by atoms with Crippen molar-refractivity contribution in [3.63, 3.8) is 0 Å². The first-order valence-corrected chi connectivity index (χ1v) is 7.90. The molecule has 1 aromatic carbocycles. The van der Waals surface area contributed by atoms with Crippen LogP contribution >= 0.6 is 0 Å². The van der Waals surface area contributed by atoms with Crippen LogP contribution in [0.1, 0.15) is 12.5 Å². The number of benzene rings is 1. The van der Waals surface area contributed by atoms with Crippen LogP contribution in [0.15, 0.2) is 35.5 Å². The van der Waals surface area contributed by atoms with E-state index >= 15 is 0 Å². The molecule has 1 heterocycles. The molecule has 0 saturated carbocycles. The molecule has 6 nitrogen and oxygen atoms in total. The number of hydrogen-bond donors (Lipinski definition) is 2. The Hall–Kier alpha value is -1.93.